The van der Waals surface area contributed by atoms with Crippen LogP contribution in [0.25, 0.3) is 0 Å². The molecule has 0 radical (unpaired) electrons. The number of carboxylic acid groups (broad SMARTS) is 1. The number of hydrogen-bond donors (Lipinski definition) is 2. The molecular weight excluding hydrogens is 522 g/mol. The van der Waals surface area contributed by atoms with Crippen LogP contribution in [0.5, 0.6) is 0 Å². The molecule has 38 heavy (non-hydrogen) atoms. The Morgan fingerprint density at radius 1 is 1.24 bits per heavy atom. The summed E-state index contributed by atoms with van der Waals surface area (Å²) < 4.78 is 54.1. The number of halogens is 2. The van der Waals surface area contributed by atoms with Crippen molar-refractivity contribution in [1.82, 2.24) is 23.9 Å². The molecule has 208 valence electrons. The number of benzene rings is 1. The van der Waals surface area contributed by atoms with E-state index in [9.17, 15) is 27.5 Å². The Hall–Kier alpha value is -3.10. The summed E-state index contributed by atoms with van der Waals surface area (Å²) in [4.78, 5) is 29.5. The Balaban J connectivity index is 1.76. The molecule has 2 aliphatic rings. The molecule has 0 spiro atoms. The van der Waals surface area contributed by atoms with Crippen molar-refractivity contribution in [3.8, 4) is 0 Å². The van der Waals surface area contributed by atoms with Crippen molar-refractivity contribution in [3.05, 3.63) is 52.9 Å². The van der Waals surface area contributed by atoms with E-state index in [2.05, 4.69) is 5.10 Å². The number of carbonyl (C=O) groups excluding carboxylic acids is 1. The van der Waals surface area contributed by atoms with Gasteiger partial charge in [0.05, 0.1) is 30.6 Å². The molecule has 2 aliphatic heterocycles. The second-order valence-corrected chi connectivity index (χ2v) is 12.8. The minimum Gasteiger partial charge on any atom is -0.465 e. The Morgan fingerprint density at radius 2 is 1.92 bits per heavy atom. The fourth-order valence-electron chi connectivity index (χ4n) is 5.64. The van der Waals surface area contributed by atoms with Crippen molar-refractivity contribution in [2.24, 2.45) is 5.73 Å². The molecule has 1 aromatic carbocycles. The van der Waals surface area contributed by atoms with Gasteiger partial charge in [-0.1, -0.05) is 0 Å². The number of primary amides is 1. The number of likely N-dealkylation sites (tertiary alicyclic amines) is 1. The molecule has 0 aliphatic carbocycles. The van der Waals surface area contributed by atoms with Crippen LogP contribution in [0.1, 0.15) is 50.1 Å². The highest BCUT2D eigenvalue weighted by molar-refractivity contribution is 7.89. The molecule has 3 atom stereocenters. The number of nitrogens with zero attached hydrogens (tertiary/aromatic N) is 5. The average Bonchev–Trinajstić information content (AvgIpc) is 3.33. The third-order valence-corrected chi connectivity index (χ3v) is 7.92. The molecule has 1 saturated heterocycles. The van der Waals surface area contributed by atoms with E-state index in [0.717, 1.165) is 34.1 Å². The second-order valence-electron chi connectivity index (χ2n) is 10.9. The van der Waals surface area contributed by atoms with Gasteiger partial charge in [-0.2, -0.15) is 9.19 Å². The summed E-state index contributed by atoms with van der Waals surface area (Å²) in [6, 6.07) is 0.822. The van der Waals surface area contributed by atoms with Gasteiger partial charge in [0, 0.05) is 48.5 Å². The molecule has 2 amide bonds. The zero-order valence-corrected chi connectivity index (χ0v) is 22.5. The lowest BCUT2D eigenvalue weighted by molar-refractivity contribution is -0.121. The van der Waals surface area contributed by atoms with E-state index >= 15 is 4.39 Å². The van der Waals surface area contributed by atoms with Crippen molar-refractivity contribution in [2.45, 2.75) is 63.9 Å². The second kappa shape index (κ2) is 9.89. The van der Waals surface area contributed by atoms with Gasteiger partial charge in [-0.15, -0.1) is 0 Å². The lowest BCUT2D eigenvalue weighted by atomic mass is 9.84. The van der Waals surface area contributed by atoms with Crippen molar-refractivity contribution >= 4 is 22.0 Å². The van der Waals surface area contributed by atoms with Gasteiger partial charge in [-0.05, 0) is 45.4 Å². The molecule has 4 rings (SSSR count). The molecule has 11 nitrogen and oxygen atoms in total. The predicted octanol–water partition coefficient (Wildman–Crippen LogP) is 1.73. The Morgan fingerprint density at radius 3 is 2.47 bits per heavy atom. The highest BCUT2D eigenvalue weighted by Gasteiger charge is 2.48. The van der Waals surface area contributed by atoms with Crippen LogP contribution in [-0.2, 0) is 27.9 Å². The van der Waals surface area contributed by atoms with Crippen LogP contribution < -0.4 is 5.73 Å². The van der Waals surface area contributed by atoms with Crippen LogP contribution in [0.15, 0.2) is 24.4 Å². The monoisotopic (exact) mass is 554 g/mol. The van der Waals surface area contributed by atoms with E-state index in [-0.39, 0.29) is 31.1 Å². The third kappa shape index (κ3) is 5.52. The smallest absolute Gasteiger partial charge is 0.408 e. The highest BCUT2D eigenvalue weighted by Crippen LogP contribution is 2.41. The first-order valence-corrected chi connectivity index (χ1v) is 13.9. The highest BCUT2D eigenvalue weighted by atomic mass is 32.2. The first-order chi connectivity index (χ1) is 17.6. The summed E-state index contributed by atoms with van der Waals surface area (Å²) in [6.45, 7) is 5.71. The summed E-state index contributed by atoms with van der Waals surface area (Å²) in [5, 5.41) is 14.4. The van der Waals surface area contributed by atoms with Crippen molar-refractivity contribution in [3.63, 3.8) is 0 Å². The summed E-state index contributed by atoms with van der Waals surface area (Å²) in [7, 11) is -3.55. The van der Waals surface area contributed by atoms with Gasteiger partial charge in [0.15, 0.2) is 0 Å². The number of carbonyl (C=O) groups is 2. The van der Waals surface area contributed by atoms with E-state index in [4.69, 9.17) is 5.73 Å². The summed E-state index contributed by atoms with van der Waals surface area (Å²) in [6.07, 6.45) is 1.52. The summed E-state index contributed by atoms with van der Waals surface area (Å²) >= 11 is 0. The summed E-state index contributed by atoms with van der Waals surface area (Å²) in [5.41, 5.74) is 5.88. The number of aromatic nitrogens is 2. The molecule has 3 N–H and O–H groups in total. The fourth-order valence-corrected chi connectivity index (χ4v) is 6.20. The maximum atomic E-state index is 15.1. The van der Waals surface area contributed by atoms with Crippen LogP contribution in [0, 0.1) is 11.6 Å². The third-order valence-electron chi connectivity index (χ3n) is 7.05. The van der Waals surface area contributed by atoms with Gasteiger partial charge in [-0.3, -0.25) is 19.5 Å². The van der Waals surface area contributed by atoms with E-state index in [1.165, 1.54) is 11.1 Å². The van der Waals surface area contributed by atoms with Gasteiger partial charge in [0.1, 0.15) is 11.6 Å². The molecule has 1 aromatic heterocycles. The number of fused-ring (bicyclic) bond motifs is 1. The van der Waals surface area contributed by atoms with Crippen molar-refractivity contribution in [1.29, 1.82) is 0 Å². The number of hydrogen-bond acceptors (Lipinski definition) is 7. The van der Waals surface area contributed by atoms with E-state index in [1.54, 1.807) is 25.7 Å². The van der Waals surface area contributed by atoms with Crippen LogP contribution in [0.3, 0.4) is 0 Å². The lowest BCUT2D eigenvalue weighted by Crippen LogP contribution is -2.63. The fraction of sp³-hybridized carbons (Fsp3) is 0.542. The minimum absolute atomic E-state index is 0.0561. The van der Waals surface area contributed by atoms with Crippen LogP contribution in [0.4, 0.5) is 13.6 Å². The van der Waals surface area contributed by atoms with Gasteiger partial charge in [-0.25, -0.2) is 22.0 Å². The normalized spacial score (nSPS) is 22.8. The van der Waals surface area contributed by atoms with E-state index < -0.39 is 51.3 Å². The Kier molecular flexibility index (Phi) is 7.27. The average molecular weight is 555 g/mol. The number of amides is 2. The molecule has 2 aromatic rings. The molecule has 0 saturated carbocycles. The van der Waals surface area contributed by atoms with Crippen LogP contribution in [0.2, 0.25) is 0 Å². The predicted molar refractivity (Wildman–Crippen MR) is 133 cm³/mol. The molecule has 3 heterocycles. The van der Waals surface area contributed by atoms with Crippen LogP contribution in [-0.4, -0.2) is 86.4 Å². The van der Waals surface area contributed by atoms with Crippen LogP contribution >= 0.6 is 0 Å². The van der Waals surface area contributed by atoms with Gasteiger partial charge >= 0.3 is 6.09 Å². The first kappa shape index (κ1) is 27.9. The zero-order valence-electron chi connectivity index (χ0n) is 21.6. The number of rotatable bonds is 6. The molecule has 1 fully saturated rings. The Labute approximate surface area is 219 Å². The van der Waals surface area contributed by atoms with Crippen molar-refractivity contribution < 1.29 is 31.9 Å². The van der Waals surface area contributed by atoms with Gasteiger partial charge < -0.3 is 10.8 Å². The largest absolute Gasteiger partial charge is 0.465 e. The topological polar surface area (TPSA) is 142 Å². The quantitative estimate of drug-likeness (QED) is 0.550. The van der Waals surface area contributed by atoms with Crippen molar-refractivity contribution in [2.75, 3.05) is 19.3 Å². The number of piperidine rings is 1. The van der Waals surface area contributed by atoms with E-state index in [1.807, 2.05) is 4.90 Å². The standard InChI is InChI=1S/C24H32F2N6O5S/c1-24(2,3)32(23(34)35)20-8-16(29-9-14-10-31(38(4,36)37)28-19(14)12-29)11-30(13-21(27)33)22(20)17-7-15(25)5-6-18(17)26/h5-7,10,16,20,22H,8-9,11-13H2,1-4H3,(H2,27,33)(H,34,35)/t16-,20+,22-/m1/s1. The van der Waals surface area contributed by atoms with Gasteiger partial charge in [0.25, 0.3) is 10.0 Å². The molecular formula is C24H32F2N6O5S. The zero-order chi connectivity index (χ0) is 28.2. The first-order valence-electron chi connectivity index (χ1n) is 12.1. The SMILES string of the molecule is CC(C)(C)N(C(=O)O)[C@H]1C[C@@H](N2Cc3cn(S(C)(=O)=O)nc3C2)CN(CC(N)=O)[C@@H]1c1cc(F)ccc1F. The maximum Gasteiger partial charge on any atom is 0.408 e. The molecule has 0 unspecified atom stereocenters. The summed E-state index contributed by atoms with van der Waals surface area (Å²) in [5.74, 6) is -2.10. The molecule has 0 bridgehead atoms. The van der Waals surface area contributed by atoms with E-state index in [0.29, 0.717) is 18.8 Å². The van der Waals surface area contributed by atoms with Gasteiger partial charge in [0.2, 0.25) is 5.91 Å². The lowest BCUT2D eigenvalue weighted by Gasteiger charge is -2.52. The minimum atomic E-state index is -3.55. The molecule has 14 heteroatoms. The number of nitrogens with two attached hydrogens (primary N) is 1. The maximum absolute atomic E-state index is 15.1. The Bertz CT molecular complexity index is 1330.